The molecule has 2 rings (SSSR count). The third-order valence-corrected chi connectivity index (χ3v) is 3.36. The second-order valence-electron chi connectivity index (χ2n) is 5.29. The van der Waals surface area contributed by atoms with Crippen LogP contribution in [0.25, 0.3) is 0 Å². The van der Waals surface area contributed by atoms with Crippen molar-refractivity contribution >= 4 is 23.9 Å². The number of nitrogens with zero attached hydrogens (tertiary/aromatic N) is 1. The molecule has 2 N–H and O–H groups in total. The number of hydroxylamine groups is 2. The van der Waals surface area contributed by atoms with E-state index < -0.39 is 30.0 Å². The smallest absolute Gasteiger partial charge is 0.407 e. The lowest BCUT2D eigenvalue weighted by molar-refractivity contribution is -0.203. The third kappa shape index (κ3) is 5.57. The molecule has 0 bridgehead atoms. The number of imide groups is 1. The Morgan fingerprint density at radius 3 is 2.44 bits per heavy atom. The highest BCUT2D eigenvalue weighted by molar-refractivity contribution is 6.01. The van der Waals surface area contributed by atoms with Gasteiger partial charge in [-0.05, 0) is 5.56 Å². The molecule has 1 atom stereocenters. The van der Waals surface area contributed by atoms with Crippen LogP contribution in [0.3, 0.4) is 0 Å². The van der Waals surface area contributed by atoms with Gasteiger partial charge in [0.15, 0.2) is 6.10 Å². The standard InChI is InChI=1S/C16H18N2O7/c19-12(15(22)25-18-13(20)6-7-14(18)21)8-9-17-16(23)24-10-11-4-2-1-3-5-11/h1-5,12,19H,6-10H2,(H,17,23)/t12-/m1/s1. The molecule has 1 fully saturated rings. The van der Waals surface area contributed by atoms with E-state index in [2.05, 4.69) is 10.2 Å². The number of amides is 3. The summed E-state index contributed by atoms with van der Waals surface area (Å²) in [5.74, 6) is -2.40. The number of carbonyl (C=O) groups excluding carboxylic acids is 4. The number of aliphatic hydroxyl groups excluding tert-OH is 1. The van der Waals surface area contributed by atoms with Gasteiger partial charge in [-0.1, -0.05) is 30.3 Å². The Morgan fingerprint density at radius 1 is 1.16 bits per heavy atom. The maximum Gasteiger partial charge on any atom is 0.407 e. The van der Waals surface area contributed by atoms with Crippen LogP contribution in [-0.4, -0.2) is 46.7 Å². The van der Waals surface area contributed by atoms with Crippen molar-refractivity contribution in [3.05, 3.63) is 35.9 Å². The summed E-state index contributed by atoms with van der Waals surface area (Å²) in [6.07, 6.45) is -2.51. The monoisotopic (exact) mass is 350 g/mol. The molecule has 25 heavy (non-hydrogen) atoms. The van der Waals surface area contributed by atoms with E-state index >= 15 is 0 Å². The van der Waals surface area contributed by atoms with Crippen LogP contribution in [0.1, 0.15) is 24.8 Å². The van der Waals surface area contributed by atoms with Crippen molar-refractivity contribution in [2.75, 3.05) is 6.54 Å². The Kier molecular flexibility index (Phi) is 6.47. The number of nitrogens with one attached hydrogen (secondary N) is 1. The fourth-order valence-corrected chi connectivity index (χ4v) is 2.01. The number of carbonyl (C=O) groups is 4. The summed E-state index contributed by atoms with van der Waals surface area (Å²) in [7, 11) is 0. The molecule has 0 radical (unpaired) electrons. The molecule has 0 aliphatic carbocycles. The van der Waals surface area contributed by atoms with Crippen molar-refractivity contribution in [3.63, 3.8) is 0 Å². The van der Waals surface area contributed by atoms with Gasteiger partial charge in [-0.15, -0.1) is 5.06 Å². The second-order valence-corrected chi connectivity index (χ2v) is 5.29. The van der Waals surface area contributed by atoms with Gasteiger partial charge >= 0.3 is 12.1 Å². The first-order valence-electron chi connectivity index (χ1n) is 7.67. The summed E-state index contributed by atoms with van der Waals surface area (Å²) >= 11 is 0. The average molecular weight is 350 g/mol. The highest BCUT2D eigenvalue weighted by Gasteiger charge is 2.34. The molecule has 134 valence electrons. The lowest BCUT2D eigenvalue weighted by Gasteiger charge is -2.15. The van der Waals surface area contributed by atoms with E-state index in [-0.39, 0.29) is 32.4 Å². The molecule has 0 unspecified atom stereocenters. The van der Waals surface area contributed by atoms with Crippen LogP contribution < -0.4 is 5.32 Å². The topological polar surface area (TPSA) is 122 Å². The van der Waals surface area contributed by atoms with Gasteiger partial charge in [0.1, 0.15) is 6.61 Å². The molecule has 1 aromatic rings. The third-order valence-electron chi connectivity index (χ3n) is 3.36. The molecule has 1 aliphatic heterocycles. The Hall–Kier alpha value is -2.94. The fourth-order valence-electron chi connectivity index (χ4n) is 2.01. The minimum Gasteiger partial charge on any atom is -0.445 e. The molecule has 9 heteroatoms. The quantitative estimate of drug-likeness (QED) is 0.677. The highest BCUT2D eigenvalue weighted by atomic mass is 16.7. The molecule has 9 nitrogen and oxygen atoms in total. The van der Waals surface area contributed by atoms with E-state index in [0.29, 0.717) is 5.06 Å². The molecular formula is C16H18N2O7. The SMILES string of the molecule is O=C(NCC[C@@H](O)C(=O)ON1C(=O)CCC1=O)OCc1ccccc1. The molecule has 1 aromatic carbocycles. The van der Waals surface area contributed by atoms with E-state index in [0.717, 1.165) is 5.56 Å². The number of hydrogen-bond donors (Lipinski definition) is 2. The van der Waals surface area contributed by atoms with Gasteiger partial charge in [-0.3, -0.25) is 9.59 Å². The minimum absolute atomic E-state index is 0.0307. The summed E-state index contributed by atoms with van der Waals surface area (Å²) in [4.78, 5) is 50.3. The molecule has 1 heterocycles. The summed E-state index contributed by atoms with van der Waals surface area (Å²) in [6.45, 7) is 0.0439. The first-order valence-corrected chi connectivity index (χ1v) is 7.67. The molecule has 0 spiro atoms. The summed E-state index contributed by atoms with van der Waals surface area (Å²) in [6, 6.07) is 9.07. The number of aliphatic hydroxyl groups is 1. The van der Waals surface area contributed by atoms with Gasteiger partial charge in [0.2, 0.25) is 0 Å². The molecule has 0 aromatic heterocycles. The van der Waals surface area contributed by atoms with Crippen molar-refractivity contribution in [2.24, 2.45) is 0 Å². The fraction of sp³-hybridized carbons (Fsp3) is 0.375. The van der Waals surface area contributed by atoms with E-state index in [1.807, 2.05) is 18.2 Å². The van der Waals surface area contributed by atoms with Crippen molar-refractivity contribution in [1.82, 2.24) is 10.4 Å². The molecular weight excluding hydrogens is 332 g/mol. The second kappa shape index (κ2) is 8.78. The van der Waals surface area contributed by atoms with Crippen molar-refractivity contribution < 1.29 is 33.9 Å². The van der Waals surface area contributed by atoms with Crippen LogP contribution in [0.2, 0.25) is 0 Å². The van der Waals surface area contributed by atoms with Crippen LogP contribution in [-0.2, 0) is 30.6 Å². The predicted molar refractivity (Wildman–Crippen MR) is 82.4 cm³/mol. The zero-order valence-electron chi connectivity index (χ0n) is 13.3. The molecule has 1 aliphatic rings. The van der Waals surface area contributed by atoms with Gasteiger partial charge in [0.05, 0.1) is 0 Å². The largest absolute Gasteiger partial charge is 0.445 e. The van der Waals surface area contributed by atoms with Crippen LogP contribution in [0.5, 0.6) is 0 Å². The predicted octanol–water partition coefficient (Wildman–Crippen LogP) is 0.271. The Balaban J connectivity index is 1.64. The van der Waals surface area contributed by atoms with Gasteiger partial charge < -0.3 is 20.0 Å². The Labute approximate surface area is 143 Å². The highest BCUT2D eigenvalue weighted by Crippen LogP contribution is 2.13. The number of rotatable bonds is 7. The summed E-state index contributed by atoms with van der Waals surface area (Å²) < 4.78 is 4.96. The van der Waals surface area contributed by atoms with Crippen molar-refractivity contribution in [1.29, 1.82) is 0 Å². The normalized spacial score (nSPS) is 15.0. The summed E-state index contributed by atoms with van der Waals surface area (Å²) in [5.41, 5.74) is 0.821. The van der Waals surface area contributed by atoms with E-state index in [1.54, 1.807) is 12.1 Å². The number of ether oxygens (including phenoxy) is 1. The van der Waals surface area contributed by atoms with Crippen LogP contribution in [0, 0.1) is 0 Å². The maximum absolute atomic E-state index is 11.6. The van der Waals surface area contributed by atoms with Crippen LogP contribution in [0.4, 0.5) is 4.79 Å². The number of alkyl carbamates (subject to hydrolysis) is 1. The Bertz CT molecular complexity index is 631. The van der Waals surface area contributed by atoms with E-state index in [1.165, 1.54) is 0 Å². The van der Waals surface area contributed by atoms with Gasteiger partial charge in [-0.2, -0.15) is 0 Å². The maximum atomic E-state index is 11.6. The van der Waals surface area contributed by atoms with Crippen LogP contribution >= 0.6 is 0 Å². The zero-order chi connectivity index (χ0) is 18.2. The summed E-state index contributed by atoms with van der Waals surface area (Å²) in [5, 5.41) is 12.4. The first-order chi connectivity index (χ1) is 12.0. The lowest BCUT2D eigenvalue weighted by Crippen LogP contribution is -2.38. The van der Waals surface area contributed by atoms with Crippen molar-refractivity contribution in [2.45, 2.75) is 32.0 Å². The lowest BCUT2D eigenvalue weighted by atomic mass is 10.2. The zero-order valence-corrected chi connectivity index (χ0v) is 13.3. The molecule has 0 saturated carbocycles. The van der Waals surface area contributed by atoms with Gasteiger partial charge in [0.25, 0.3) is 11.8 Å². The number of hydrogen-bond acceptors (Lipinski definition) is 7. The first kappa shape index (κ1) is 18.4. The molecule has 1 saturated heterocycles. The minimum atomic E-state index is -1.59. The number of benzene rings is 1. The van der Waals surface area contributed by atoms with E-state index in [9.17, 15) is 24.3 Å². The van der Waals surface area contributed by atoms with Crippen LogP contribution in [0.15, 0.2) is 30.3 Å². The van der Waals surface area contributed by atoms with E-state index in [4.69, 9.17) is 4.74 Å². The Morgan fingerprint density at radius 2 is 1.80 bits per heavy atom. The van der Waals surface area contributed by atoms with Gasteiger partial charge in [-0.25, -0.2) is 9.59 Å². The van der Waals surface area contributed by atoms with Crippen molar-refractivity contribution in [3.8, 4) is 0 Å². The molecule has 3 amide bonds. The van der Waals surface area contributed by atoms with Gasteiger partial charge in [0, 0.05) is 25.8 Å². The average Bonchev–Trinajstić information content (AvgIpc) is 2.92.